The summed E-state index contributed by atoms with van der Waals surface area (Å²) in [4.78, 5) is 25.8. The first-order valence-electron chi connectivity index (χ1n) is 6.77. The van der Waals surface area contributed by atoms with Crippen molar-refractivity contribution in [2.45, 2.75) is 19.9 Å². The van der Waals surface area contributed by atoms with Gasteiger partial charge in [0.05, 0.1) is 11.3 Å². The van der Waals surface area contributed by atoms with Crippen molar-refractivity contribution in [3.05, 3.63) is 56.2 Å². The topological polar surface area (TPSA) is 57.6 Å². The van der Waals surface area contributed by atoms with Crippen molar-refractivity contribution >= 4 is 39.1 Å². The number of carboxylic acid groups (broad SMARTS) is 1. The monoisotopic (exact) mass is 381 g/mol. The molecule has 0 fully saturated rings. The summed E-state index contributed by atoms with van der Waals surface area (Å²) in [6.07, 6.45) is -0.0653. The zero-order chi connectivity index (χ0) is 16.1. The maximum atomic E-state index is 12.7. The normalized spacial score (nSPS) is 10.5. The summed E-state index contributed by atoms with van der Waals surface area (Å²) in [6.45, 7) is 2.47. The predicted molar refractivity (Wildman–Crippen MR) is 90.2 cm³/mol. The summed E-state index contributed by atoms with van der Waals surface area (Å²) in [5, 5.41) is 10.8. The summed E-state index contributed by atoms with van der Waals surface area (Å²) in [5.41, 5.74) is 1.88. The van der Waals surface area contributed by atoms with Gasteiger partial charge in [0.1, 0.15) is 0 Å². The van der Waals surface area contributed by atoms with Crippen LogP contribution in [0.2, 0.25) is 0 Å². The molecule has 0 radical (unpaired) electrons. The molecule has 1 aromatic heterocycles. The second kappa shape index (κ2) is 7.56. The summed E-state index contributed by atoms with van der Waals surface area (Å²) in [5.74, 6) is -1.02. The van der Waals surface area contributed by atoms with Crippen molar-refractivity contribution in [3.63, 3.8) is 0 Å². The number of amides is 1. The van der Waals surface area contributed by atoms with Crippen LogP contribution in [0.4, 0.5) is 0 Å². The molecule has 1 heterocycles. The first kappa shape index (κ1) is 16.7. The van der Waals surface area contributed by atoms with Gasteiger partial charge in [-0.1, -0.05) is 28.1 Å². The van der Waals surface area contributed by atoms with Gasteiger partial charge in [0.15, 0.2) is 0 Å². The molecule has 2 aromatic rings. The van der Waals surface area contributed by atoms with E-state index in [1.165, 1.54) is 11.3 Å². The van der Waals surface area contributed by atoms with Gasteiger partial charge in [-0.25, -0.2) is 0 Å². The minimum absolute atomic E-state index is 0.0653. The maximum absolute atomic E-state index is 12.7. The number of hydrogen-bond acceptors (Lipinski definition) is 3. The number of nitrogens with zero attached hydrogens (tertiary/aromatic N) is 1. The van der Waals surface area contributed by atoms with E-state index in [0.717, 1.165) is 15.6 Å². The molecule has 2 rings (SSSR count). The van der Waals surface area contributed by atoms with Crippen LogP contribution in [0.25, 0.3) is 0 Å². The second-order valence-electron chi connectivity index (χ2n) is 4.93. The molecule has 1 amide bonds. The van der Waals surface area contributed by atoms with Gasteiger partial charge in [-0.05, 0) is 41.6 Å². The molecular weight excluding hydrogens is 366 g/mol. The molecule has 0 unspecified atom stereocenters. The van der Waals surface area contributed by atoms with Gasteiger partial charge >= 0.3 is 5.97 Å². The van der Waals surface area contributed by atoms with E-state index < -0.39 is 5.97 Å². The Bertz CT molecular complexity index is 684. The van der Waals surface area contributed by atoms with Crippen LogP contribution in [0.5, 0.6) is 0 Å². The SMILES string of the molecule is Cc1ccsc1C(=O)N(CCC(=O)O)Cc1cccc(Br)c1. The fraction of sp³-hybridized carbons (Fsp3) is 0.250. The van der Waals surface area contributed by atoms with Gasteiger partial charge < -0.3 is 10.0 Å². The van der Waals surface area contributed by atoms with Crippen LogP contribution in [0.15, 0.2) is 40.2 Å². The Kier molecular flexibility index (Phi) is 5.74. The molecule has 0 atom stereocenters. The van der Waals surface area contributed by atoms with E-state index in [2.05, 4.69) is 15.9 Å². The fourth-order valence-electron chi connectivity index (χ4n) is 2.07. The van der Waals surface area contributed by atoms with Gasteiger partial charge in [0.25, 0.3) is 5.91 Å². The number of thiophene rings is 1. The first-order chi connectivity index (χ1) is 10.5. The molecular formula is C16H16BrNO3S. The lowest BCUT2D eigenvalue weighted by Crippen LogP contribution is -2.32. The van der Waals surface area contributed by atoms with Crippen LogP contribution in [0.1, 0.15) is 27.2 Å². The number of carbonyl (C=O) groups excluding carboxylic acids is 1. The standard InChI is InChI=1S/C16H16BrNO3S/c1-11-6-8-22-15(11)16(21)18(7-5-14(19)20)10-12-3-2-4-13(17)9-12/h2-4,6,8-9H,5,7,10H2,1H3,(H,19,20). The number of hydrogen-bond donors (Lipinski definition) is 1. The average Bonchev–Trinajstić information content (AvgIpc) is 2.88. The minimum Gasteiger partial charge on any atom is -0.481 e. The Morgan fingerprint density at radius 3 is 2.68 bits per heavy atom. The lowest BCUT2D eigenvalue weighted by Gasteiger charge is -2.22. The van der Waals surface area contributed by atoms with Crippen molar-refractivity contribution in [2.75, 3.05) is 6.54 Å². The summed E-state index contributed by atoms with van der Waals surface area (Å²) in [7, 11) is 0. The molecule has 22 heavy (non-hydrogen) atoms. The highest BCUT2D eigenvalue weighted by atomic mass is 79.9. The zero-order valence-electron chi connectivity index (χ0n) is 12.1. The van der Waals surface area contributed by atoms with Crippen LogP contribution in [-0.4, -0.2) is 28.4 Å². The Hall–Kier alpha value is -1.66. The Morgan fingerprint density at radius 1 is 1.32 bits per heavy atom. The number of carbonyl (C=O) groups is 2. The largest absolute Gasteiger partial charge is 0.481 e. The molecule has 0 spiro atoms. The van der Waals surface area contributed by atoms with Crippen molar-refractivity contribution in [1.82, 2.24) is 4.90 Å². The predicted octanol–water partition coefficient (Wildman–Crippen LogP) is 3.94. The van der Waals surface area contributed by atoms with Crippen LogP contribution in [0.3, 0.4) is 0 Å². The Labute approximate surface area is 141 Å². The van der Waals surface area contributed by atoms with E-state index in [9.17, 15) is 9.59 Å². The third-order valence-corrected chi connectivity index (χ3v) is 4.70. The third kappa shape index (κ3) is 4.42. The maximum Gasteiger partial charge on any atom is 0.305 e. The number of benzene rings is 1. The van der Waals surface area contributed by atoms with Gasteiger partial charge in [0.2, 0.25) is 0 Å². The zero-order valence-corrected chi connectivity index (χ0v) is 14.5. The van der Waals surface area contributed by atoms with Crippen molar-refractivity contribution in [3.8, 4) is 0 Å². The van der Waals surface area contributed by atoms with E-state index in [-0.39, 0.29) is 18.9 Å². The third-order valence-electron chi connectivity index (χ3n) is 3.20. The molecule has 6 heteroatoms. The summed E-state index contributed by atoms with van der Waals surface area (Å²) in [6, 6.07) is 9.56. The minimum atomic E-state index is -0.907. The van der Waals surface area contributed by atoms with Crippen LogP contribution >= 0.6 is 27.3 Å². The van der Waals surface area contributed by atoms with Gasteiger partial charge in [-0.3, -0.25) is 9.59 Å². The molecule has 0 aliphatic heterocycles. The Balaban J connectivity index is 2.20. The van der Waals surface area contributed by atoms with Gasteiger partial charge in [0, 0.05) is 17.6 Å². The lowest BCUT2D eigenvalue weighted by atomic mass is 10.2. The molecule has 1 aromatic carbocycles. The molecule has 0 aliphatic carbocycles. The highest BCUT2D eigenvalue weighted by Gasteiger charge is 2.20. The molecule has 1 N–H and O–H groups in total. The number of carboxylic acids is 1. The van der Waals surface area contributed by atoms with Crippen LogP contribution < -0.4 is 0 Å². The van der Waals surface area contributed by atoms with Crippen LogP contribution in [0, 0.1) is 6.92 Å². The molecule has 4 nitrogen and oxygen atoms in total. The lowest BCUT2D eigenvalue weighted by molar-refractivity contribution is -0.137. The molecule has 0 aliphatic rings. The van der Waals surface area contributed by atoms with E-state index in [1.807, 2.05) is 42.6 Å². The van der Waals surface area contributed by atoms with Crippen molar-refractivity contribution in [2.24, 2.45) is 0 Å². The molecule has 0 saturated carbocycles. The second-order valence-corrected chi connectivity index (χ2v) is 6.76. The molecule has 0 saturated heterocycles. The number of rotatable bonds is 6. The number of aryl methyl sites for hydroxylation is 1. The van der Waals surface area contributed by atoms with Gasteiger partial charge in [-0.2, -0.15) is 0 Å². The van der Waals surface area contributed by atoms with Crippen LogP contribution in [-0.2, 0) is 11.3 Å². The summed E-state index contributed by atoms with van der Waals surface area (Å²) >= 11 is 4.79. The van der Waals surface area contributed by atoms with E-state index in [4.69, 9.17) is 5.11 Å². The van der Waals surface area contributed by atoms with Crippen molar-refractivity contribution < 1.29 is 14.7 Å². The smallest absolute Gasteiger partial charge is 0.305 e. The average molecular weight is 382 g/mol. The Morgan fingerprint density at radius 2 is 2.09 bits per heavy atom. The quantitative estimate of drug-likeness (QED) is 0.824. The van der Waals surface area contributed by atoms with Gasteiger partial charge in [-0.15, -0.1) is 11.3 Å². The summed E-state index contributed by atoms with van der Waals surface area (Å²) < 4.78 is 0.933. The fourth-order valence-corrected chi connectivity index (χ4v) is 3.41. The highest BCUT2D eigenvalue weighted by Crippen LogP contribution is 2.20. The molecule has 0 bridgehead atoms. The van der Waals surface area contributed by atoms with Crippen molar-refractivity contribution in [1.29, 1.82) is 0 Å². The van der Waals surface area contributed by atoms with E-state index in [0.29, 0.717) is 11.4 Å². The number of aliphatic carboxylic acids is 1. The van der Waals surface area contributed by atoms with E-state index in [1.54, 1.807) is 4.90 Å². The highest BCUT2D eigenvalue weighted by molar-refractivity contribution is 9.10. The van der Waals surface area contributed by atoms with E-state index >= 15 is 0 Å². The first-order valence-corrected chi connectivity index (χ1v) is 8.44. The molecule has 116 valence electrons. The number of halogens is 1.